The standard InChI is InChI=1S/C13H14N2O3/c1-8(2)14-11(16)7-15-12(17)9-5-3-4-6-10(9)13(15)18/h3-6,8H,7H2,1-2H3,(H,14,16). The molecule has 0 radical (unpaired) electrons. The number of amides is 3. The van der Waals surface area contributed by atoms with Gasteiger partial charge in [0, 0.05) is 6.04 Å². The van der Waals surface area contributed by atoms with Crippen LogP contribution in [0.25, 0.3) is 0 Å². The zero-order chi connectivity index (χ0) is 13.3. The highest BCUT2D eigenvalue weighted by atomic mass is 16.2. The van der Waals surface area contributed by atoms with Crippen LogP contribution in [0.15, 0.2) is 24.3 Å². The van der Waals surface area contributed by atoms with E-state index in [1.807, 2.05) is 13.8 Å². The van der Waals surface area contributed by atoms with Crippen molar-refractivity contribution in [3.63, 3.8) is 0 Å². The van der Waals surface area contributed by atoms with E-state index in [4.69, 9.17) is 0 Å². The van der Waals surface area contributed by atoms with Gasteiger partial charge in [0.05, 0.1) is 11.1 Å². The number of benzene rings is 1. The molecule has 3 amide bonds. The summed E-state index contributed by atoms with van der Waals surface area (Å²) in [4.78, 5) is 36.5. The Balaban J connectivity index is 2.16. The molecule has 0 saturated carbocycles. The van der Waals surface area contributed by atoms with Gasteiger partial charge >= 0.3 is 0 Å². The third kappa shape index (κ3) is 2.11. The van der Waals surface area contributed by atoms with Crippen molar-refractivity contribution in [1.82, 2.24) is 10.2 Å². The summed E-state index contributed by atoms with van der Waals surface area (Å²) in [6.45, 7) is 3.41. The number of rotatable bonds is 3. The first-order chi connectivity index (χ1) is 8.50. The lowest BCUT2D eigenvalue weighted by atomic mass is 10.1. The van der Waals surface area contributed by atoms with Gasteiger partial charge in [0.15, 0.2) is 0 Å². The molecule has 5 nitrogen and oxygen atoms in total. The summed E-state index contributed by atoms with van der Waals surface area (Å²) in [5.74, 6) is -1.15. The van der Waals surface area contributed by atoms with E-state index in [2.05, 4.69) is 5.32 Å². The second-order valence-electron chi connectivity index (χ2n) is 4.46. The number of hydrogen-bond donors (Lipinski definition) is 1. The van der Waals surface area contributed by atoms with Crippen LogP contribution < -0.4 is 5.32 Å². The van der Waals surface area contributed by atoms with Crippen LogP contribution in [0, 0.1) is 0 Å². The first kappa shape index (κ1) is 12.3. The first-order valence-electron chi connectivity index (χ1n) is 5.75. The molecule has 1 aromatic carbocycles. The number of nitrogens with zero attached hydrogens (tertiary/aromatic N) is 1. The van der Waals surface area contributed by atoms with E-state index in [-0.39, 0.29) is 18.5 Å². The largest absolute Gasteiger partial charge is 0.352 e. The molecule has 1 N–H and O–H groups in total. The first-order valence-corrected chi connectivity index (χ1v) is 5.75. The molecule has 0 bridgehead atoms. The molecule has 0 saturated heterocycles. The normalized spacial score (nSPS) is 14.1. The molecule has 5 heteroatoms. The fraction of sp³-hybridized carbons (Fsp3) is 0.308. The minimum Gasteiger partial charge on any atom is -0.352 e. The van der Waals surface area contributed by atoms with Crippen molar-refractivity contribution in [1.29, 1.82) is 0 Å². The molecule has 1 aliphatic heterocycles. The Hall–Kier alpha value is -2.17. The Labute approximate surface area is 105 Å². The summed E-state index contributed by atoms with van der Waals surface area (Å²) in [7, 11) is 0. The van der Waals surface area contributed by atoms with E-state index in [0.717, 1.165) is 4.90 Å². The molecular formula is C13H14N2O3. The molecule has 0 aliphatic carbocycles. The second kappa shape index (κ2) is 4.60. The number of hydrogen-bond acceptors (Lipinski definition) is 3. The van der Waals surface area contributed by atoms with Crippen molar-refractivity contribution in [3.05, 3.63) is 35.4 Å². The Morgan fingerprint density at radius 3 is 2.11 bits per heavy atom. The second-order valence-corrected chi connectivity index (χ2v) is 4.46. The number of carbonyl (C=O) groups is 3. The van der Waals surface area contributed by atoms with Gasteiger partial charge in [-0.1, -0.05) is 12.1 Å². The summed E-state index contributed by atoms with van der Waals surface area (Å²) in [5, 5.41) is 2.65. The van der Waals surface area contributed by atoms with Crippen LogP contribution >= 0.6 is 0 Å². The summed E-state index contributed by atoms with van der Waals surface area (Å²) >= 11 is 0. The Bertz CT molecular complexity index is 488. The lowest BCUT2D eigenvalue weighted by molar-refractivity contribution is -0.121. The number of nitrogens with one attached hydrogen (secondary N) is 1. The van der Waals surface area contributed by atoms with Gasteiger partial charge in [-0.25, -0.2) is 0 Å². The Kier molecular flexibility index (Phi) is 3.14. The van der Waals surface area contributed by atoms with Gasteiger partial charge in [-0.15, -0.1) is 0 Å². The summed E-state index contributed by atoms with van der Waals surface area (Å²) in [6.07, 6.45) is 0. The fourth-order valence-corrected chi connectivity index (χ4v) is 1.89. The zero-order valence-corrected chi connectivity index (χ0v) is 10.3. The van der Waals surface area contributed by atoms with E-state index < -0.39 is 11.8 Å². The van der Waals surface area contributed by atoms with Crippen LogP contribution in [0.1, 0.15) is 34.6 Å². The maximum atomic E-state index is 12.0. The maximum Gasteiger partial charge on any atom is 0.262 e. The minimum atomic E-state index is -0.408. The monoisotopic (exact) mass is 246 g/mol. The highest BCUT2D eigenvalue weighted by molar-refractivity contribution is 6.22. The average Bonchev–Trinajstić information content (AvgIpc) is 2.54. The lowest BCUT2D eigenvalue weighted by Gasteiger charge is -2.14. The average molecular weight is 246 g/mol. The van der Waals surface area contributed by atoms with Gasteiger partial charge in [-0.2, -0.15) is 0 Å². The number of imide groups is 1. The SMILES string of the molecule is CC(C)NC(=O)CN1C(=O)c2ccccc2C1=O. The van der Waals surface area contributed by atoms with E-state index in [1.54, 1.807) is 24.3 Å². The van der Waals surface area contributed by atoms with Gasteiger partial charge in [0.25, 0.3) is 11.8 Å². The fourth-order valence-electron chi connectivity index (χ4n) is 1.89. The highest BCUT2D eigenvalue weighted by Crippen LogP contribution is 2.21. The van der Waals surface area contributed by atoms with Gasteiger partial charge in [-0.3, -0.25) is 19.3 Å². The molecule has 1 aliphatic rings. The molecule has 1 heterocycles. The number of carbonyl (C=O) groups excluding carboxylic acids is 3. The van der Waals surface area contributed by atoms with Crippen molar-refractivity contribution < 1.29 is 14.4 Å². The van der Waals surface area contributed by atoms with Crippen molar-refractivity contribution in [2.24, 2.45) is 0 Å². The van der Waals surface area contributed by atoms with Crippen LogP contribution in [-0.4, -0.2) is 35.2 Å². The molecule has 0 aromatic heterocycles. The van der Waals surface area contributed by atoms with E-state index in [1.165, 1.54) is 0 Å². The van der Waals surface area contributed by atoms with Gasteiger partial charge in [-0.05, 0) is 26.0 Å². The predicted molar refractivity (Wildman–Crippen MR) is 65.1 cm³/mol. The maximum absolute atomic E-state index is 12.0. The molecule has 18 heavy (non-hydrogen) atoms. The van der Waals surface area contributed by atoms with Gasteiger partial charge in [0.2, 0.25) is 5.91 Å². The number of fused-ring (bicyclic) bond motifs is 1. The van der Waals surface area contributed by atoms with Crippen LogP contribution in [-0.2, 0) is 4.79 Å². The third-order valence-electron chi connectivity index (χ3n) is 2.63. The molecule has 1 aromatic rings. The van der Waals surface area contributed by atoms with Crippen LogP contribution in [0.4, 0.5) is 0 Å². The van der Waals surface area contributed by atoms with E-state index in [0.29, 0.717) is 11.1 Å². The van der Waals surface area contributed by atoms with Crippen LogP contribution in [0.2, 0.25) is 0 Å². The predicted octanol–water partition coefficient (Wildman–Crippen LogP) is 0.807. The third-order valence-corrected chi connectivity index (χ3v) is 2.63. The quantitative estimate of drug-likeness (QED) is 0.802. The molecule has 0 atom stereocenters. The van der Waals surface area contributed by atoms with Crippen molar-refractivity contribution in [3.8, 4) is 0 Å². The summed E-state index contributed by atoms with van der Waals surface area (Å²) < 4.78 is 0. The summed E-state index contributed by atoms with van der Waals surface area (Å²) in [6, 6.07) is 6.56. The zero-order valence-electron chi connectivity index (χ0n) is 10.3. The van der Waals surface area contributed by atoms with Crippen molar-refractivity contribution in [2.45, 2.75) is 19.9 Å². The molecule has 0 unspecified atom stereocenters. The van der Waals surface area contributed by atoms with Gasteiger partial charge < -0.3 is 5.32 Å². The molecule has 94 valence electrons. The minimum absolute atomic E-state index is 0.0207. The smallest absolute Gasteiger partial charge is 0.262 e. The molecule has 0 spiro atoms. The van der Waals surface area contributed by atoms with Crippen LogP contribution in [0.3, 0.4) is 0 Å². The van der Waals surface area contributed by atoms with E-state index in [9.17, 15) is 14.4 Å². The lowest BCUT2D eigenvalue weighted by Crippen LogP contribution is -2.42. The van der Waals surface area contributed by atoms with E-state index >= 15 is 0 Å². The topological polar surface area (TPSA) is 66.5 Å². The Morgan fingerprint density at radius 1 is 1.17 bits per heavy atom. The molecule has 0 fully saturated rings. The van der Waals surface area contributed by atoms with Crippen LogP contribution in [0.5, 0.6) is 0 Å². The van der Waals surface area contributed by atoms with Crippen molar-refractivity contribution >= 4 is 17.7 Å². The van der Waals surface area contributed by atoms with Crippen molar-refractivity contribution in [2.75, 3.05) is 6.54 Å². The summed E-state index contributed by atoms with van der Waals surface area (Å²) in [5.41, 5.74) is 0.722. The Morgan fingerprint density at radius 2 is 1.67 bits per heavy atom. The highest BCUT2D eigenvalue weighted by Gasteiger charge is 2.36. The molecular weight excluding hydrogens is 232 g/mol. The van der Waals surface area contributed by atoms with Gasteiger partial charge in [0.1, 0.15) is 6.54 Å². The molecule has 2 rings (SSSR count).